The third-order valence-corrected chi connectivity index (χ3v) is 3.70. The quantitative estimate of drug-likeness (QED) is 0.742. The van der Waals surface area contributed by atoms with Crippen LogP contribution in [-0.4, -0.2) is 40.5 Å². The molecule has 1 aromatic carbocycles. The minimum Gasteiger partial charge on any atom is -0.478 e. The normalized spacial score (nSPS) is 15.9. The molecule has 4 N–H and O–H groups in total. The van der Waals surface area contributed by atoms with E-state index in [2.05, 4.69) is 5.32 Å². The summed E-state index contributed by atoms with van der Waals surface area (Å²) in [4.78, 5) is 35.6. The standard InChI is InChI=1S/C14H17N3O4/c1-8(12(18)16-14(15)21)17-6-5-10-9(7-17)3-2-4-11(10)13(19)20/h2-4,8H,5-7H2,1H3,(H,19,20)(H3,15,16,18,21). The number of hydrogen-bond acceptors (Lipinski definition) is 4. The van der Waals surface area contributed by atoms with Crippen LogP contribution in [0, 0.1) is 0 Å². The number of nitrogens with two attached hydrogens (primary N) is 1. The molecule has 3 amide bonds. The first-order chi connectivity index (χ1) is 9.90. The molecule has 0 saturated heterocycles. The molecule has 0 spiro atoms. The largest absolute Gasteiger partial charge is 0.478 e. The molecular formula is C14H17N3O4. The third kappa shape index (κ3) is 3.19. The highest BCUT2D eigenvalue weighted by molar-refractivity contribution is 5.96. The Labute approximate surface area is 121 Å². The van der Waals surface area contributed by atoms with Gasteiger partial charge in [0, 0.05) is 13.1 Å². The van der Waals surface area contributed by atoms with E-state index in [0.29, 0.717) is 25.1 Å². The first kappa shape index (κ1) is 15.0. The number of fused-ring (bicyclic) bond motifs is 1. The summed E-state index contributed by atoms with van der Waals surface area (Å²) in [6.45, 7) is 2.69. The highest BCUT2D eigenvalue weighted by atomic mass is 16.4. The molecule has 2 rings (SSSR count). The molecule has 1 aliphatic heterocycles. The Bertz CT molecular complexity index is 600. The van der Waals surface area contributed by atoms with Gasteiger partial charge in [-0.1, -0.05) is 12.1 Å². The fourth-order valence-corrected chi connectivity index (χ4v) is 2.55. The van der Waals surface area contributed by atoms with Crippen molar-refractivity contribution >= 4 is 17.9 Å². The molecule has 1 aliphatic rings. The van der Waals surface area contributed by atoms with E-state index in [9.17, 15) is 19.5 Å². The number of rotatable bonds is 3. The topological polar surface area (TPSA) is 113 Å². The van der Waals surface area contributed by atoms with Gasteiger partial charge in [-0.25, -0.2) is 9.59 Å². The lowest BCUT2D eigenvalue weighted by Gasteiger charge is -2.33. The van der Waals surface area contributed by atoms with Gasteiger partial charge in [0.25, 0.3) is 0 Å². The molecule has 1 heterocycles. The van der Waals surface area contributed by atoms with E-state index in [1.807, 2.05) is 11.0 Å². The highest BCUT2D eigenvalue weighted by Crippen LogP contribution is 2.24. The van der Waals surface area contributed by atoms with Crippen molar-refractivity contribution in [3.05, 3.63) is 34.9 Å². The van der Waals surface area contributed by atoms with E-state index in [1.165, 1.54) is 0 Å². The van der Waals surface area contributed by atoms with Crippen LogP contribution in [0.2, 0.25) is 0 Å². The predicted molar refractivity (Wildman–Crippen MR) is 74.7 cm³/mol. The van der Waals surface area contributed by atoms with Crippen LogP contribution in [0.15, 0.2) is 18.2 Å². The van der Waals surface area contributed by atoms with Crippen molar-refractivity contribution in [1.82, 2.24) is 10.2 Å². The SMILES string of the molecule is CC(C(=O)NC(N)=O)N1CCc2c(cccc2C(=O)O)C1. The lowest BCUT2D eigenvalue weighted by atomic mass is 9.93. The molecule has 0 radical (unpaired) electrons. The fourth-order valence-electron chi connectivity index (χ4n) is 2.55. The molecule has 21 heavy (non-hydrogen) atoms. The van der Waals surface area contributed by atoms with E-state index in [1.54, 1.807) is 19.1 Å². The van der Waals surface area contributed by atoms with Crippen molar-refractivity contribution in [3.63, 3.8) is 0 Å². The molecule has 0 bridgehead atoms. The molecule has 7 nitrogen and oxygen atoms in total. The van der Waals surface area contributed by atoms with E-state index in [0.717, 1.165) is 11.1 Å². The molecule has 1 aromatic rings. The average molecular weight is 291 g/mol. The van der Waals surface area contributed by atoms with Gasteiger partial charge < -0.3 is 10.8 Å². The molecular weight excluding hydrogens is 274 g/mol. The second kappa shape index (κ2) is 5.92. The Morgan fingerprint density at radius 3 is 2.71 bits per heavy atom. The first-order valence-electron chi connectivity index (χ1n) is 6.58. The lowest BCUT2D eigenvalue weighted by Crippen LogP contribution is -2.49. The van der Waals surface area contributed by atoms with Crippen LogP contribution in [-0.2, 0) is 17.8 Å². The van der Waals surface area contributed by atoms with Gasteiger partial charge in [-0.2, -0.15) is 0 Å². The summed E-state index contributed by atoms with van der Waals surface area (Å²) in [7, 11) is 0. The zero-order chi connectivity index (χ0) is 15.6. The highest BCUT2D eigenvalue weighted by Gasteiger charge is 2.27. The van der Waals surface area contributed by atoms with Crippen molar-refractivity contribution in [3.8, 4) is 0 Å². The number of carbonyl (C=O) groups excluding carboxylic acids is 2. The molecule has 1 atom stereocenters. The third-order valence-electron chi connectivity index (χ3n) is 3.70. The van der Waals surface area contributed by atoms with E-state index in [-0.39, 0.29) is 0 Å². The number of aromatic carboxylic acids is 1. The van der Waals surface area contributed by atoms with E-state index < -0.39 is 23.9 Å². The summed E-state index contributed by atoms with van der Waals surface area (Å²) < 4.78 is 0. The van der Waals surface area contributed by atoms with Crippen LogP contribution >= 0.6 is 0 Å². The maximum atomic E-state index is 11.8. The Balaban J connectivity index is 2.16. The predicted octanol–water partition coefficient (Wildman–Crippen LogP) is 0.326. The number of imide groups is 1. The molecule has 112 valence electrons. The smallest absolute Gasteiger partial charge is 0.335 e. The van der Waals surface area contributed by atoms with Gasteiger partial charge in [0.05, 0.1) is 11.6 Å². The van der Waals surface area contributed by atoms with Crippen molar-refractivity contribution in [2.75, 3.05) is 6.54 Å². The zero-order valence-corrected chi connectivity index (χ0v) is 11.6. The van der Waals surface area contributed by atoms with Crippen LogP contribution in [0.3, 0.4) is 0 Å². The number of primary amides is 1. The van der Waals surface area contributed by atoms with Crippen molar-refractivity contribution in [2.24, 2.45) is 5.73 Å². The summed E-state index contributed by atoms with van der Waals surface area (Å²) in [5, 5.41) is 11.2. The van der Waals surface area contributed by atoms with Crippen molar-refractivity contribution in [1.29, 1.82) is 0 Å². The van der Waals surface area contributed by atoms with Crippen LogP contribution in [0.1, 0.15) is 28.4 Å². The molecule has 0 saturated carbocycles. The number of urea groups is 1. The second-order valence-electron chi connectivity index (χ2n) is 5.00. The number of nitrogens with one attached hydrogen (secondary N) is 1. The maximum Gasteiger partial charge on any atom is 0.335 e. The van der Waals surface area contributed by atoms with Crippen LogP contribution in [0.4, 0.5) is 4.79 Å². The number of nitrogens with zero attached hydrogens (tertiary/aromatic N) is 1. The lowest BCUT2D eigenvalue weighted by molar-refractivity contribution is -0.125. The van der Waals surface area contributed by atoms with Gasteiger partial charge in [-0.15, -0.1) is 0 Å². The van der Waals surface area contributed by atoms with Crippen molar-refractivity contribution < 1.29 is 19.5 Å². The van der Waals surface area contributed by atoms with E-state index >= 15 is 0 Å². The minimum atomic E-state index is -0.945. The summed E-state index contributed by atoms with van der Waals surface area (Å²) >= 11 is 0. The Morgan fingerprint density at radius 2 is 2.10 bits per heavy atom. The fraction of sp³-hybridized carbons (Fsp3) is 0.357. The average Bonchev–Trinajstić information content (AvgIpc) is 2.44. The summed E-state index contributed by atoms with van der Waals surface area (Å²) in [6, 6.07) is 3.74. The maximum absolute atomic E-state index is 11.8. The molecule has 1 unspecified atom stereocenters. The minimum absolute atomic E-state index is 0.307. The first-order valence-corrected chi connectivity index (χ1v) is 6.58. The van der Waals surface area contributed by atoms with Gasteiger partial charge in [0.15, 0.2) is 0 Å². The number of carboxylic acid groups (broad SMARTS) is 1. The summed E-state index contributed by atoms with van der Waals surface area (Å²) in [6.07, 6.45) is 0.548. The van der Waals surface area contributed by atoms with Gasteiger partial charge in [-0.3, -0.25) is 15.0 Å². The molecule has 7 heteroatoms. The number of amides is 3. The van der Waals surface area contributed by atoms with Gasteiger partial charge in [0.2, 0.25) is 5.91 Å². The number of carbonyl (C=O) groups is 3. The number of carboxylic acids is 1. The van der Waals surface area contributed by atoms with E-state index in [4.69, 9.17) is 5.73 Å². The van der Waals surface area contributed by atoms with Crippen LogP contribution in [0.25, 0.3) is 0 Å². The Hall–Kier alpha value is -2.41. The Morgan fingerprint density at radius 1 is 1.38 bits per heavy atom. The second-order valence-corrected chi connectivity index (χ2v) is 5.00. The van der Waals surface area contributed by atoms with Gasteiger partial charge in [-0.05, 0) is 30.5 Å². The number of benzene rings is 1. The van der Waals surface area contributed by atoms with Crippen LogP contribution in [0.5, 0.6) is 0 Å². The number of hydrogen-bond donors (Lipinski definition) is 3. The Kier molecular flexibility index (Phi) is 4.23. The summed E-state index contributed by atoms with van der Waals surface area (Å²) in [5.74, 6) is -1.40. The van der Waals surface area contributed by atoms with Crippen molar-refractivity contribution in [2.45, 2.75) is 25.9 Å². The molecule has 0 fully saturated rings. The van der Waals surface area contributed by atoms with Crippen LogP contribution < -0.4 is 11.1 Å². The molecule has 0 aromatic heterocycles. The summed E-state index contributed by atoms with van der Waals surface area (Å²) in [5.41, 5.74) is 6.94. The zero-order valence-electron chi connectivity index (χ0n) is 11.6. The monoisotopic (exact) mass is 291 g/mol. The van der Waals surface area contributed by atoms with Gasteiger partial charge >= 0.3 is 12.0 Å². The molecule has 0 aliphatic carbocycles. The van der Waals surface area contributed by atoms with Gasteiger partial charge in [0.1, 0.15) is 0 Å².